The number of esters is 1. The zero-order valence-corrected chi connectivity index (χ0v) is 74.1. The van der Waals surface area contributed by atoms with Crippen molar-refractivity contribution in [3.05, 3.63) is 71.3 Å². The van der Waals surface area contributed by atoms with Crippen LogP contribution < -0.4 is 25.4 Å². The molecule has 2 aromatic carbocycles. The average molecular weight is 1860 g/mol. The molecular formula is C84H138F4N4O36. The van der Waals surface area contributed by atoms with E-state index in [1.54, 1.807) is 7.11 Å². The van der Waals surface area contributed by atoms with E-state index < -0.39 is 71.3 Å². The van der Waals surface area contributed by atoms with E-state index >= 15 is 0 Å². The van der Waals surface area contributed by atoms with Crippen LogP contribution in [0.25, 0.3) is 0 Å². The molecular weight excluding hydrogens is 1720 g/mol. The van der Waals surface area contributed by atoms with Gasteiger partial charge >= 0.3 is 5.97 Å². The van der Waals surface area contributed by atoms with Gasteiger partial charge in [0.15, 0.2) is 18.2 Å². The normalized spacial score (nSPS) is 12.3. The van der Waals surface area contributed by atoms with E-state index in [9.17, 15) is 46.3 Å². The zero-order valence-electron chi connectivity index (χ0n) is 74.1. The van der Waals surface area contributed by atoms with Gasteiger partial charge in [0.05, 0.1) is 363 Å². The lowest BCUT2D eigenvalue weighted by Gasteiger charge is -2.19. The van der Waals surface area contributed by atoms with Crippen molar-refractivity contribution in [1.29, 1.82) is 0 Å². The molecule has 0 saturated heterocycles. The summed E-state index contributed by atoms with van der Waals surface area (Å²) in [6.07, 6.45) is 2.19. The Labute approximate surface area is 747 Å². The standard InChI is InChI=1S/C84H138F4N4O36/c1-99-16-17-103-24-25-107-30-31-109-34-35-111-38-39-113-42-43-115-46-47-117-50-51-119-54-55-121-58-59-123-62-63-125-66-67-126-65-64-124-61-60-122-57-56-120-53-52-118-49-48-116-45-44-114-41-40-112-37-36-110-33-32-108-29-28-106-23-20-102-15-11-90-84(98)75(68-71-2-4-72(5-3-71)127-70-80(97)128-83-81(87)73(85)69-74(86)82(83)88)91-77(94)9-13-100-18-21-104-26-27-105-22-19-101-14-10-89-76(93)8-12-92-78(95)6-7-79(92)96/h2-7,69,75H,8-68,70H2,1H3,(H,89,93)(H,90,98)(H,91,94). The molecule has 1 aliphatic heterocycles. The summed E-state index contributed by atoms with van der Waals surface area (Å²) in [6, 6.07) is 4.80. The molecule has 1 unspecified atom stereocenters. The van der Waals surface area contributed by atoms with Gasteiger partial charge < -0.3 is 158 Å². The fraction of sp³-hybridized carbons (Fsp3) is 0.762. The number of hydrogen-bond donors (Lipinski definition) is 3. The second kappa shape index (κ2) is 87.3. The third-order valence-corrected chi connectivity index (χ3v) is 16.4. The summed E-state index contributed by atoms with van der Waals surface area (Å²) >= 11 is 0. The van der Waals surface area contributed by atoms with Crippen LogP contribution in [0.4, 0.5) is 17.6 Å². The Morgan fingerprint density at radius 1 is 0.320 bits per heavy atom. The fourth-order valence-electron chi connectivity index (χ4n) is 9.95. The van der Waals surface area contributed by atoms with E-state index in [1.807, 2.05) is 0 Å². The molecule has 0 bridgehead atoms. The highest BCUT2D eigenvalue weighted by molar-refractivity contribution is 6.13. The van der Waals surface area contributed by atoms with Gasteiger partial charge in [0.2, 0.25) is 35.1 Å². The predicted octanol–water partition coefficient (Wildman–Crippen LogP) is 1.29. The van der Waals surface area contributed by atoms with E-state index in [4.69, 9.17) is 137 Å². The maximum atomic E-state index is 14.0. The first-order valence-electron chi connectivity index (χ1n) is 43.1. The molecule has 5 amide bonds. The monoisotopic (exact) mass is 1850 g/mol. The summed E-state index contributed by atoms with van der Waals surface area (Å²) in [5, 5.41) is 8.12. The van der Waals surface area contributed by atoms with E-state index in [0.717, 1.165) is 17.1 Å². The Balaban J connectivity index is 1.01. The number of benzene rings is 2. The van der Waals surface area contributed by atoms with Crippen molar-refractivity contribution in [2.24, 2.45) is 0 Å². The number of rotatable bonds is 98. The van der Waals surface area contributed by atoms with Gasteiger partial charge in [-0.2, -0.15) is 8.78 Å². The van der Waals surface area contributed by atoms with Crippen LogP contribution in [0.3, 0.4) is 0 Å². The number of amides is 5. The molecule has 0 spiro atoms. The fourth-order valence-corrected chi connectivity index (χ4v) is 9.95. The van der Waals surface area contributed by atoms with E-state index in [-0.39, 0.29) is 129 Å². The summed E-state index contributed by atoms with van der Waals surface area (Å²) in [5.74, 6) is -12.4. The molecule has 1 atom stereocenters. The number of halogens is 4. The molecule has 1 heterocycles. The second-order valence-electron chi connectivity index (χ2n) is 26.4. The van der Waals surface area contributed by atoms with Crippen LogP contribution in [0.2, 0.25) is 0 Å². The maximum absolute atomic E-state index is 14.0. The van der Waals surface area contributed by atoms with Crippen molar-refractivity contribution in [3.63, 3.8) is 0 Å². The molecule has 1 aliphatic rings. The highest BCUT2D eigenvalue weighted by atomic mass is 19.2. The highest BCUT2D eigenvalue weighted by Gasteiger charge is 2.26. The Hall–Kier alpha value is -6.40. The molecule has 0 aromatic heterocycles. The smallest absolute Gasteiger partial charge is 0.349 e. The van der Waals surface area contributed by atoms with Crippen LogP contribution in [-0.2, 0) is 168 Å². The quantitative estimate of drug-likeness (QED) is 0.0210. The first-order chi connectivity index (χ1) is 62.9. The lowest BCUT2D eigenvalue weighted by atomic mass is 10.0. The third-order valence-electron chi connectivity index (χ3n) is 16.4. The number of hydrogen-bond acceptors (Lipinski definition) is 36. The molecule has 0 radical (unpaired) electrons. The molecule has 3 N–H and O–H groups in total. The number of carbonyl (C=O) groups is 6. The number of nitrogens with zero attached hydrogens (tertiary/aromatic N) is 1. The van der Waals surface area contributed by atoms with E-state index in [2.05, 4.69) is 20.7 Å². The van der Waals surface area contributed by atoms with Gasteiger partial charge in [-0.15, -0.1) is 0 Å². The highest BCUT2D eigenvalue weighted by Crippen LogP contribution is 2.27. The maximum Gasteiger partial charge on any atom is 0.349 e. The number of nitrogens with one attached hydrogen (secondary N) is 3. The van der Waals surface area contributed by atoms with Crippen molar-refractivity contribution in [3.8, 4) is 11.5 Å². The van der Waals surface area contributed by atoms with Crippen molar-refractivity contribution in [1.82, 2.24) is 20.9 Å². The van der Waals surface area contributed by atoms with Gasteiger partial charge in [-0.3, -0.25) is 28.9 Å². The predicted molar refractivity (Wildman–Crippen MR) is 445 cm³/mol. The summed E-state index contributed by atoms with van der Waals surface area (Å²) in [5.41, 5.74) is 0.545. The number of ether oxygens (including phenoxy) is 30. The summed E-state index contributed by atoms with van der Waals surface area (Å²) < 4.78 is 219. The van der Waals surface area contributed by atoms with Gasteiger partial charge in [0.25, 0.3) is 11.8 Å². The van der Waals surface area contributed by atoms with Crippen LogP contribution in [0, 0.1) is 23.3 Å². The molecule has 40 nitrogen and oxygen atoms in total. The minimum atomic E-state index is -1.90. The Bertz CT molecular complexity index is 2990. The van der Waals surface area contributed by atoms with Crippen molar-refractivity contribution >= 4 is 35.5 Å². The largest absolute Gasteiger partial charge is 0.482 e. The lowest BCUT2D eigenvalue weighted by Crippen LogP contribution is -2.48. The number of methoxy groups -OCH3 is 1. The van der Waals surface area contributed by atoms with Crippen molar-refractivity contribution < 1.29 is 188 Å². The molecule has 0 aliphatic carbocycles. The van der Waals surface area contributed by atoms with Gasteiger partial charge in [-0.05, 0) is 17.7 Å². The first-order valence-corrected chi connectivity index (χ1v) is 43.1. The minimum absolute atomic E-state index is 0.00102. The molecule has 128 heavy (non-hydrogen) atoms. The van der Waals surface area contributed by atoms with Crippen LogP contribution in [0.1, 0.15) is 18.4 Å². The van der Waals surface area contributed by atoms with E-state index in [1.165, 1.54) is 24.3 Å². The Morgan fingerprint density at radius 2 is 0.578 bits per heavy atom. The average Bonchev–Trinajstić information content (AvgIpc) is 0.978. The van der Waals surface area contributed by atoms with Gasteiger partial charge in [0, 0.05) is 64.2 Å². The molecule has 0 saturated carbocycles. The minimum Gasteiger partial charge on any atom is -0.482 e. The first kappa shape index (κ1) is 116. The zero-order chi connectivity index (χ0) is 91.8. The Kier molecular flexibility index (Phi) is 78.9. The molecule has 0 fully saturated rings. The summed E-state index contributed by atoms with van der Waals surface area (Å²) in [4.78, 5) is 75.0. The molecule has 44 heteroatoms. The molecule has 2 aromatic rings. The van der Waals surface area contributed by atoms with Crippen LogP contribution in [0.5, 0.6) is 11.5 Å². The van der Waals surface area contributed by atoms with Crippen molar-refractivity contribution in [2.45, 2.75) is 25.3 Å². The van der Waals surface area contributed by atoms with E-state index in [0.29, 0.717) is 296 Å². The Morgan fingerprint density at radius 3 is 0.859 bits per heavy atom. The van der Waals surface area contributed by atoms with Crippen molar-refractivity contribution in [2.75, 3.05) is 397 Å². The summed E-state index contributed by atoms with van der Waals surface area (Å²) in [6.45, 7) is 21.8. The van der Waals surface area contributed by atoms with Crippen LogP contribution >= 0.6 is 0 Å². The van der Waals surface area contributed by atoms with Gasteiger partial charge in [-0.25, -0.2) is 13.6 Å². The SMILES string of the molecule is COCCOCCOCCOCCOCCOCCOCCOCCOCCOCCOCCOCCOCCOCCOCCOCCOCCOCCOCCOCCOCCOCCOCCOCCNC(=O)C(Cc1ccc(OCC(=O)Oc2c(F)c(F)cc(F)c2F)cc1)NC(=O)CCOCCOCCOCCOCCNC(=O)CCN1C(=O)C=CC1=O. The second-order valence-corrected chi connectivity index (χ2v) is 26.4. The number of imide groups is 1. The van der Waals surface area contributed by atoms with Crippen LogP contribution in [0.15, 0.2) is 42.5 Å². The molecule has 3 rings (SSSR count). The van der Waals surface area contributed by atoms with Gasteiger partial charge in [0.1, 0.15) is 11.8 Å². The summed E-state index contributed by atoms with van der Waals surface area (Å²) in [7, 11) is 1.64. The molecule has 738 valence electrons. The van der Waals surface area contributed by atoms with Crippen LogP contribution in [-0.4, -0.2) is 443 Å². The lowest BCUT2D eigenvalue weighted by molar-refractivity contribution is -0.138. The number of carbonyl (C=O) groups excluding carboxylic acids is 6. The third kappa shape index (κ3) is 70.4. The van der Waals surface area contributed by atoms with Gasteiger partial charge in [-0.1, -0.05) is 12.1 Å². The topological polar surface area (TPSA) is 419 Å².